The Morgan fingerprint density at radius 1 is 1.04 bits per heavy atom. The molecule has 0 unspecified atom stereocenters. The molecule has 126 valence electrons. The Balaban J connectivity index is 1.42. The molecule has 1 aromatic carbocycles. The lowest BCUT2D eigenvalue weighted by atomic mass is 9.95. The van der Waals surface area contributed by atoms with Crippen molar-refractivity contribution in [2.24, 2.45) is 0 Å². The fourth-order valence-electron chi connectivity index (χ4n) is 3.52. The predicted octanol–water partition coefficient (Wildman–Crippen LogP) is 2.40. The van der Waals surface area contributed by atoms with Crippen molar-refractivity contribution in [3.8, 4) is 0 Å². The van der Waals surface area contributed by atoms with Crippen LogP contribution < -0.4 is 10.2 Å². The van der Waals surface area contributed by atoms with Gasteiger partial charge in [-0.05, 0) is 37.1 Å². The molecule has 4 nitrogen and oxygen atoms in total. The largest absolute Gasteiger partial charge is 0.368 e. The Bertz CT molecular complexity index is 506. The van der Waals surface area contributed by atoms with E-state index in [1.54, 1.807) is 12.1 Å². The Morgan fingerprint density at radius 3 is 2.35 bits per heavy atom. The van der Waals surface area contributed by atoms with E-state index in [0.717, 1.165) is 31.9 Å². The fourth-order valence-corrected chi connectivity index (χ4v) is 3.52. The molecule has 1 aromatic rings. The fraction of sp³-hybridized carbons (Fsp3) is 0.611. The van der Waals surface area contributed by atoms with Crippen LogP contribution in [0.4, 0.5) is 10.1 Å². The zero-order valence-corrected chi connectivity index (χ0v) is 13.6. The Morgan fingerprint density at radius 2 is 1.70 bits per heavy atom. The molecule has 1 amide bonds. The van der Waals surface area contributed by atoms with E-state index in [-0.39, 0.29) is 11.7 Å². The molecule has 0 atom stereocenters. The number of hydrogen-bond donors (Lipinski definition) is 1. The minimum absolute atomic E-state index is 0.203. The van der Waals surface area contributed by atoms with E-state index in [2.05, 4.69) is 10.2 Å². The quantitative estimate of drug-likeness (QED) is 0.926. The second-order valence-electron chi connectivity index (χ2n) is 6.56. The number of piperazine rings is 1. The van der Waals surface area contributed by atoms with Crippen molar-refractivity contribution in [1.82, 2.24) is 10.2 Å². The summed E-state index contributed by atoms with van der Waals surface area (Å²) in [6.07, 6.45) is 6.29. The van der Waals surface area contributed by atoms with Crippen LogP contribution in [0.25, 0.3) is 0 Å². The highest BCUT2D eigenvalue weighted by molar-refractivity contribution is 5.78. The van der Waals surface area contributed by atoms with Crippen LogP contribution in [-0.4, -0.2) is 49.6 Å². The topological polar surface area (TPSA) is 35.6 Å². The average Bonchev–Trinajstić information content (AvgIpc) is 2.61. The van der Waals surface area contributed by atoms with Crippen molar-refractivity contribution in [2.45, 2.75) is 38.1 Å². The van der Waals surface area contributed by atoms with Crippen LogP contribution in [0.5, 0.6) is 0 Å². The highest BCUT2D eigenvalue weighted by atomic mass is 19.1. The Labute approximate surface area is 137 Å². The molecule has 0 radical (unpaired) electrons. The first-order chi connectivity index (χ1) is 11.2. The summed E-state index contributed by atoms with van der Waals surface area (Å²) >= 11 is 0. The molecule has 23 heavy (non-hydrogen) atoms. The van der Waals surface area contributed by atoms with Gasteiger partial charge in [0.25, 0.3) is 0 Å². The van der Waals surface area contributed by atoms with Gasteiger partial charge in [-0.3, -0.25) is 4.79 Å². The van der Waals surface area contributed by atoms with E-state index in [1.807, 2.05) is 4.90 Å². The summed E-state index contributed by atoms with van der Waals surface area (Å²) in [5, 5.41) is 3.42. The number of nitrogens with zero attached hydrogens (tertiary/aromatic N) is 2. The van der Waals surface area contributed by atoms with Gasteiger partial charge < -0.3 is 15.1 Å². The third kappa shape index (κ3) is 4.44. The zero-order valence-electron chi connectivity index (χ0n) is 13.6. The lowest BCUT2D eigenvalue weighted by Crippen LogP contribution is -2.51. The molecule has 2 aliphatic rings. The second kappa shape index (κ2) is 7.77. The molecular formula is C18H26FN3O. The van der Waals surface area contributed by atoms with E-state index >= 15 is 0 Å². The maximum absolute atomic E-state index is 13.0. The van der Waals surface area contributed by atoms with Gasteiger partial charge in [-0.1, -0.05) is 19.3 Å². The smallest absolute Gasteiger partial charge is 0.236 e. The van der Waals surface area contributed by atoms with Gasteiger partial charge in [0.2, 0.25) is 5.91 Å². The molecule has 1 heterocycles. The van der Waals surface area contributed by atoms with E-state index in [4.69, 9.17) is 0 Å². The standard InChI is InChI=1S/C18H26FN3O/c19-15-6-8-17(9-7-15)21-10-12-22(13-11-21)18(23)14-20-16-4-2-1-3-5-16/h6-9,16,20H,1-5,10-14H2. The molecule has 3 rings (SSSR count). The number of anilines is 1. The number of nitrogens with one attached hydrogen (secondary N) is 1. The minimum atomic E-state index is -0.212. The van der Waals surface area contributed by atoms with E-state index in [0.29, 0.717) is 12.6 Å². The number of rotatable bonds is 4. The van der Waals surface area contributed by atoms with Crippen LogP contribution >= 0.6 is 0 Å². The summed E-state index contributed by atoms with van der Waals surface area (Å²) in [5.41, 5.74) is 1.03. The van der Waals surface area contributed by atoms with E-state index in [9.17, 15) is 9.18 Å². The number of amides is 1. The van der Waals surface area contributed by atoms with Crippen LogP contribution in [0.15, 0.2) is 24.3 Å². The molecule has 1 aliphatic heterocycles. The SMILES string of the molecule is O=C(CNC1CCCCC1)N1CCN(c2ccc(F)cc2)CC1. The third-order valence-electron chi connectivity index (χ3n) is 4.97. The van der Waals surface area contributed by atoms with E-state index in [1.165, 1.54) is 44.2 Å². The summed E-state index contributed by atoms with van der Waals surface area (Å²) in [6.45, 7) is 3.55. The maximum atomic E-state index is 13.0. The average molecular weight is 319 g/mol. The van der Waals surface area contributed by atoms with Crippen LogP contribution in [0, 0.1) is 5.82 Å². The van der Waals surface area contributed by atoms with Gasteiger partial charge in [0.15, 0.2) is 0 Å². The van der Waals surface area contributed by atoms with Crippen molar-refractivity contribution in [3.05, 3.63) is 30.1 Å². The van der Waals surface area contributed by atoms with Gasteiger partial charge in [0.05, 0.1) is 6.54 Å². The third-order valence-corrected chi connectivity index (χ3v) is 4.97. The maximum Gasteiger partial charge on any atom is 0.236 e. The number of hydrogen-bond acceptors (Lipinski definition) is 3. The summed E-state index contributed by atoms with van der Waals surface area (Å²) < 4.78 is 13.0. The molecule has 5 heteroatoms. The minimum Gasteiger partial charge on any atom is -0.368 e. The molecule has 2 fully saturated rings. The van der Waals surface area contributed by atoms with Crippen molar-refractivity contribution in [3.63, 3.8) is 0 Å². The Hall–Kier alpha value is -1.62. The first-order valence-electron chi connectivity index (χ1n) is 8.74. The van der Waals surface area contributed by atoms with Crippen LogP contribution in [0.3, 0.4) is 0 Å². The van der Waals surface area contributed by atoms with Crippen LogP contribution in [0.2, 0.25) is 0 Å². The molecule has 0 spiro atoms. The van der Waals surface area contributed by atoms with Gasteiger partial charge in [0.1, 0.15) is 5.82 Å². The van der Waals surface area contributed by atoms with Gasteiger partial charge in [-0.2, -0.15) is 0 Å². The monoisotopic (exact) mass is 319 g/mol. The first kappa shape index (κ1) is 16.2. The molecular weight excluding hydrogens is 293 g/mol. The summed E-state index contributed by atoms with van der Waals surface area (Å²) in [6, 6.07) is 7.10. The van der Waals surface area contributed by atoms with Gasteiger partial charge in [-0.15, -0.1) is 0 Å². The van der Waals surface area contributed by atoms with E-state index < -0.39 is 0 Å². The van der Waals surface area contributed by atoms with Gasteiger partial charge in [-0.25, -0.2) is 4.39 Å². The number of carbonyl (C=O) groups excluding carboxylic acids is 1. The van der Waals surface area contributed by atoms with Crippen molar-refractivity contribution >= 4 is 11.6 Å². The first-order valence-corrected chi connectivity index (χ1v) is 8.74. The van der Waals surface area contributed by atoms with Crippen molar-refractivity contribution in [2.75, 3.05) is 37.6 Å². The molecule has 0 bridgehead atoms. The predicted molar refractivity (Wildman–Crippen MR) is 90.1 cm³/mol. The summed E-state index contributed by atoms with van der Waals surface area (Å²) in [5.74, 6) is -0.00863. The highest BCUT2D eigenvalue weighted by Crippen LogP contribution is 2.18. The second-order valence-corrected chi connectivity index (χ2v) is 6.56. The Kier molecular flexibility index (Phi) is 5.49. The molecule has 1 N–H and O–H groups in total. The zero-order chi connectivity index (χ0) is 16.1. The number of halogens is 1. The van der Waals surface area contributed by atoms with Crippen molar-refractivity contribution in [1.29, 1.82) is 0 Å². The number of benzene rings is 1. The summed E-state index contributed by atoms with van der Waals surface area (Å²) in [4.78, 5) is 16.5. The normalized spacial score (nSPS) is 19.9. The van der Waals surface area contributed by atoms with Gasteiger partial charge >= 0.3 is 0 Å². The molecule has 0 aromatic heterocycles. The van der Waals surface area contributed by atoms with Crippen LogP contribution in [0.1, 0.15) is 32.1 Å². The molecule has 1 aliphatic carbocycles. The summed E-state index contributed by atoms with van der Waals surface area (Å²) in [7, 11) is 0. The highest BCUT2D eigenvalue weighted by Gasteiger charge is 2.22. The van der Waals surface area contributed by atoms with Crippen molar-refractivity contribution < 1.29 is 9.18 Å². The van der Waals surface area contributed by atoms with Crippen LogP contribution in [-0.2, 0) is 4.79 Å². The molecule has 1 saturated heterocycles. The van der Waals surface area contributed by atoms with Gasteiger partial charge in [0, 0.05) is 37.9 Å². The lowest BCUT2D eigenvalue weighted by molar-refractivity contribution is -0.130. The lowest BCUT2D eigenvalue weighted by Gasteiger charge is -2.36. The molecule has 1 saturated carbocycles. The number of carbonyl (C=O) groups is 1.